The van der Waals surface area contributed by atoms with Crippen LogP contribution in [-0.4, -0.2) is 39.6 Å². The van der Waals surface area contributed by atoms with Crippen LogP contribution in [0.4, 0.5) is 0 Å². The Balaban J connectivity index is 2.04. The van der Waals surface area contributed by atoms with Gasteiger partial charge < -0.3 is 10.2 Å². The molecule has 1 fully saturated rings. The summed E-state index contributed by atoms with van der Waals surface area (Å²) in [7, 11) is 1.81. The minimum atomic E-state index is -0.113. The normalized spacial score (nSPS) is 16.7. The van der Waals surface area contributed by atoms with Crippen LogP contribution in [0.25, 0.3) is 0 Å². The number of amides is 2. The lowest BCUT2D eigenvalue weighted by Crippen LogP contribution is -2.50. The van der Waals surface area contributed by atoms with Crippen LogP contribution in [0, 0.1) is 0 Å². The molecule has 2 amide bonds. The minimum Gasteiger partial charge on any atom is -0.345 e. The molecule has 15 heavy (non-hydrogen) atoms. The van der Waals surface area contributed by atoms with E-state index in [1.54, 1.807) is 10.9 Å². The summed E-state index contributed by atoms with van der Waals surface area (Å²) < 4.78 is 1.67. The second-order valence-electron chi connectivity index (χ2n) is 3.55. The molecule has 6 nitrogen and oxygen atoms in total. The first kappa shape index (κ1) is 9.70. The van der Waals surface area contributed by atoms with Crippen molar-refractivity contribution in [2.45, 2.75) is 6.54 Å². The third-order valence-corrected chi connectivity index (χ3v) is 2.26. The highest BCUT2D eigenvalue weighted by Crippen LogP contribution is 2.05. The number of hydrogen-bond acceptors (Lipinski definition) is 3. The maximum atomic E-state index is 11.4. The van der Waals surface area contributed by atoms with Gasteiger partial charge in [-0.3, -0.25) is 14.3 Å². The van der Waals surface area contributed by atoms with Gasteiger partial charge in [0.1, 0.15) is 0 Å². The molecule has 80 valence electrons. The van der Waals surface area contributed by atoms with E-state index in [0.29, 0.717) is 6.54 Å². The topological polar surface area (TPSA) is 67.2 Å². The molecule has 1 aliphatic heterocycles. The van der Waals surface area contributed by atoms with E-state index in [1.807, 2.05) is 13.2 Å². The maximum absolute atomic E-state index is 11.4. The van der Waals surface area contributed by atoms with Gasteiger partial charge in [0, 0.05) is 25.4 Å². The Kier molecular flexibility index (Phi) is 2.40. The third-order valence-electron chi connectivity index (χ3n) is 2.26. The fourth-order valence-electron chi connectivity index (χ4n) is 1.52. The van der Waals surface area contributed by atoms with Crippen LogP contribution in [0.1, 0.15) is 5.56 Å². The molecule has 0 spiro atoms. The van der Waals surface area contributed by atoms with Gasteiger partial charge >= 0.3 is 0 Å². The van der Waals surface area contributed by atoms with Gasteiger partial charge in [-0.1, -0.05) is 0 Å². The van der Waals surface area contributed by atoms with Crippen LogP contribution < -0.4 is 5.32 Å². The molecule has 1 aromatic heterocycles. The molecule has 2 rings (SSSR count). The molecule has 0 aliphatic carbocycles. The summed E-state index contributed by atoms with van der Waals surface area (Å²) in [5, 5.41) is 6.51. The van der Waals surface area contributed by atoms with Crippen molar-refractivity contribution >= 4 is 11.8 Å². The van der Waals surface area contributed by atoms with Gasteiger partial charge in [-0.15, -0.1) is 0 Å². The number of piperazine rings is 1. The van der Waals surface area contributed by atoms with Crippen molar-refractivity contribution in [1.29, 1.82) is 0 Å². The van der Waals surface area contributed by atoms with Gasteiger partial charge in [0.15, 0.2) is 0 Å². The number of hydrogen-bond donors (Lipinski definition) is 1. The average molecular weight is 208 g/mol. The largest absolute Gasteiger partial charge is 0.345 e. The predicted molar refractivity (Wildman–Crippen MR) is 51.6 cm³/mol. The summed E-state index contributed by atoms with van der Waals surface area (Å²) in [4.78, 5) is 24.0. The monoisotopic (exact) mass is 208 g/mol. The molecule has 1 aromatic rings. The van der Waals surface area contributed by atoms with E-state index in [9.17, 15) is 9.59 Å². The zero-order valence-corrected chi connectivity index (χ0v) is 8.43. The molecule has 0 aromatic carbocycles. The summed E-state index contributed by atoms with van der Waals surface area (Å²) in [6.07, 6.45) is 3.53. The average Bonchev–Trinajstić information content (AvgIpc) is 2.58. The molecule has 2 heterocycles. The summed E-state index contributed by atoms with van der Waals surface area (Å²) in [5.41, 5.74) is 0.931. The Morgan fingerprint density at radius 3 is 3.00 bits per heavy atom. The number of carbonyl (C=O) groups is 2. The van der Waals surface area contributed by atoms with E-state index in [0.717, 1.165) is 5.56 Å². The van der Waals surface area contributed by atoms with Gasteiger partial charge in [-0.05, 0) is 0 Å². The predicted octanol–water partition coefficient (Wildman–Crippen LogP) is -1.12. The van der Waals surface area contributed by atoms with E-state index in [-0.39, 0.29) is 24.9 Å². The van der Waals surface area contributed by atoms with Gasteiger partial charge in [0.2, 0.25) is 11.8 Å². The van der Waals surface area contributed by atoms with E-state index < -0.39 is 0 Å². The number of aromatic nitrogens is 2. The second-order valence-corrected chi connectivity index (χ2v) is 3.55. The number of nitrogens with zero attached hydrogens (tertiary/aromatic N) is 3. The Morgan fingerprint density at radius 1 is 1.53 bits per heavy atom. The molecule has 0 radical (unpaired) electrons. The van der Waals surface area contributed by atoms with Crippen molar-refractivity contribution in [2.75, 3.05) is 13.1 Å². The third kappa shape index (κ3) is 2.15. The van der Waals surface area contributed by atoms with Crippen molar-refractivity contribution in [3.63, 3.8) is 0 Å². The highest BCUT2D eigenvalue weighted by Gasteiger charge is 2.23. The number of aryl methyl sites for hydroxylation is 1. The fourth-order valence-corrected chi connectivity index (χ4v) is 1.52. The van der Waals surface area contributed by atoms with Crippen LogP contribution in [0.5, 0.6) is 0 Å². The lowest BCUT2D eigenvalue weighted by atomic mass is 10.3. The van der Waals surface area contributed by atoms with E-state index in [2.05, 4.69) is 10.4 Å². The Bertz CT molecular complexity index is 399. The first-order valence-electron chi connectivity index (χ1n) is 4.67. The molecule has 0 unspecified atom stereocenters. The van der Waals surface area contributed by atoms with Gasteiger partial charge in [-0.25, -0.2) is 0 Å². The van der Waals surface area contributed by atoms with Gasteiger partial charge in [-0.2, -0.15) is 5.10 Å². The highest BCUT2D eigenvalue weighted by molar-refractivity contribution is 5.92. The molecular formula is C9H12N4O2. The zero-order valence-electron chi connectivity index (χ0n) is 8.43. The quantitative estimate of drug-likeness (QED) is 0.669. The van der Waals surface area contributed by atoms with E-state index in [4.69, 9.17) is 0 Å². The molecule has 1 N–H and O–H groups in total. The fraction of sp³-hybridized carbons (Fsp3) is 0.444. The van der Waals surface area contributed by atoms with Crippen LogP contribution in [0.2, 0.25) is 0 Å². The molecule has 0 bridgehead atoms. The second kappa shape index (κ2) is 3.72. The van der Waals surface area contributed by atoms with Gasteiger partial charge in [0.25, 0.3) is 0 Å². The van der Waals surface area contributed by atoms with E-state index >= 15 is 0 Å². The van der Waals surface area contributed by atoms with Crippen molar-refractivity contribution in [1.82, 2.24) is 20.0 Å². The van der Waals surface area contributed by atoms with Crippen LogP contribution >= 0.6 is 0 Å². The summed E-state index contributed by atoms with van der Waals surface area (Å²) in [6.45, 7) is 0.674. The highest BCUT2D eigenvalue weighted by atomic mass is 16.2. The summed E-state index contributed by atoms with van der Waals surface area (Å²) >= 11 is 0. The SMILES string of the molecule is Cn1cc(CN2CC(=O)NCC2=O)cn1. The van der Waals surface area contributed by atoms with Crippen molar-refractivity contribution in [3.8, 4) is 0 Å². The zero-order chi connectivity index (χ0) is 10.8. The number of rotatable bonds is 2. The standard InChI is InChI=1S/C9H12N4O2/c1-12-4-7(2-11-12)5-13-6-8(14)10-3-9(13)15/h2,4H,3,5-6H2,1H3,(H,10,14). The summed E-state index contributed by atoms with van der Waals surface area (Å²) in [5.74, 6) is -0.169. The lowest BCUT2D eigenvalue weighted by Gasteiger charge is -2.25. The first-order valence-corrected chi connectivity index (χ1v) is 4.67. The Hall–Kier alpha value is -1.85. The Morgan fingerprint density at radius 2 is 2.33 bits per heavy atom. The van der Waals surface area contributed by atoms with Crippen molar-refractivity contribution in [3.05, 3.63) is 18.0 Å². The smallest absolute Gasteiger partial charge is 0.242 e. The number of carbonyl (C=O) groups excluding carboxylic acids is 2. The van der Waals surface area contributed by atoms with E-state index in [1.165, 1.54) is 4.90 Å². The molecule has 6 heteroatoms. The molecule has 1 aliphatic rings. The van der Waals surface area contributed by atoms with Crippen molar-refractivity contribution < 1.29 is 9.59 Å². The van der Waals surface area contributed by atoms with Crippen molar-refractivity contribution in [2.24, 2.45) is 7.05 Å². The number of nitrogens with one attached hydrogen (secondary N) is 1. The van der Waals surface area contributed by atoms with Crippen LogP contribution in [-0.2, 0) is 23.2 Å². The molecule has 0 atom stereocenters. The maximum Gasteiger partial charge on any atom is 0.242 e. The van der Waals surface area contributed by atoms with Crippen LogP contribution in [0.15, 0.2) is 12.4 Å². The minimum absolute atomic E-state index is 0.0570. The molecule has 0 saturated carbocycles. The molecule has 1 saturated heterocycles. The molecular weight excluding hydrogens is 196 g/mol. The van der Waals surface area contributed by atoms with Gasteiger partial charge in [0.05, 0.1) is 19.3 Å². The lowest BCUT2D eigenvalue weighted by molar-refractivity contribution is -0.141. The Labute approximate surface area is 86.9 Å². The first-order chi connectivity index (χ1) is 7.15. The van der Waals surface area contributed by atoms with Crippen LogP contribution in [0.3, 0.4) is 0 Å². The summed E-state index contributed by atoms with van der Waals surface area (Å²) in [6, 6.07) is 0.